The van der Waals surface area contributed by atoms with Gasteiger partial charge in [0.2, 0.25) is 5.43 Å². The Bertz CT molecular complexity index is 770. The summed E-state index contributed by atoms with van der Waals surface area (Å²) in [5.41, 5.74) is 1.18. The first-order valence-corrected chi connectivity index (χ1v) is 6.53. The third-order valence-corrected chi connectivity index (χ3v) is 3.67. The summed E-state index contributed by atoms with van der Waals surface area (Å²) in [7, 11) is 0. The molecule has 96 valence electrons. The molecule has 0 fully saturated rings. The van der Waals surface area contributed by atoms with E-state index in [1.54, 1.807) is 0 Å². The number of aromatic amines is 1. The minimum absolute atomic E-state index is 0. The molecule has 0 unspecified atom stereocenters. The third kappa shape index (κ3) is 3.49. The van der Waals surface area contributed by atoms with E-state index in [2.05, 4.69) is 15.3 Å². The average molecular weight is 311 g/mol. The fraction of sp³-hybridized carbons (Fsp3) is 0.0769. The van der Waals surface area contributed by atoms with Crippen molar-refractivity contribution < 1.29 is 56.5 Å². The molecule has 3 aromatic rings. The van der Waals surface area contributed by atoms with Crippen molar-refractivity contribution >= 4 is 26.8 Å². The molecule has 0 aliphatic rings. The number of hydrogen-bond donors (Lipinski definition) is 2. The fourth-order valence-corrected chi connectivity index (χ4v) is 2.59. The molecule has 0 radical (unpaired) electrons. The molecule has 2 aromatic heterocycles. The van der Waals surface area contributed by atoms with Crippen LogP contribution in [0.25, 0.3) is 10.3 Å². The van der Waals surface area contributed by atoms with Crippen LogP contribution in [0.5, 0.6) is 5.88 Å². The molecule has 0 aliphatic heterocycles. The van der Waals surface area contributed by atoms with E-state index in [-0.39, 0.29) is 56.8 Å². The Morgan fingerprint density at radius 3 is 2.80 bits per heavy atom. The monoisotopic (exact) mass is 311 g/mol. The molecule has 0 aliphatic carbocycles. The smallest absolute Gasteiger partial charge is 0.860 e. The van der Waals surface area contributed by atoms with Gasteiger partial charge in [-0.05, 0) is 17.5 Å². The first-order valence-electron chi connectivity index (χ1n) is 5.71. The first-order chi connectivity index (χ1) is 9.22. The molecular formula is C13H10KN3O2S. The quantitative estimate of drug-likeness (QED) is 0.588. The Balaban J connectivity index is 0.00000147. The van der Waals surface area contributed by atoms with Crippen LogP contribution in [0.1, 0.15) is 5.56 Å². The van der Waals surface area contributed by atoms with E-state index in [0.29, 0.717) is 22.0 Å². The standard InChI is InChI=1S/C13H11N3O2S.K/c17-9-6-10(18)15-12-11(9)19-13(16-12)14-7-8-4-2-1-3-5-8;/h1-6H,7H2,(H3,14,15,16,17,18);/q;+1/p-1. The van der Waals surface area contributed by atoms with Crippen LogP contribution in [-0.4, -0.2) is 9.97 Å². The van der Waals surface area contributed by atoms with Crippen LogP contribution in [0, 0.1) is 0 Å². The number of H-pyrrole nitrogens is 1. The maximum atomic E-state index is 11.6. The zero-order valence-electron chi connectivity index (χ0n) is 10.8. The molecule has 0 amide bonds. The number of thiazole rings is 1. The SMILES string of the molecule is O=c1cc([O-])[nH]c2nc(NCc3ccccc3)sc12.[K+]. The number of aromatic nitrogens is 2. The van der Waals surface area contributed by atoms with Gasteiger partial charge in [0.15, 0.2) is 10.8 Å². The Kier molecular flexibility index (Phi) is 5.36. The normalized spacial score (nSPS) is 10.2. The molecule has 3 rings (SSSR count). The van der Waals surface area contributed by atoms with Gasteiger partial charge in [0.1, 0.15) is 4.70 Å². The van der Waals surface area contributed by atoms with Gasteiger partial charge in [0.05, 0.1) is 0 Å². The number of benzene rings is 1. The van der Waals surface area contributed by atoms with Crippen LogP contribution in [0.3, 0.4) is 0 Å². The zero-order chi connectivity index (χ0) is 13.2. The predicted octanol–water partition coefficient (Wildman–Crippen LogP) is -1.33. The van der Waals surface area contributed by atoms with E-state index in [0.717, 1.165) is 11.6 Å². The summed E-state index contributed by atoms with van der Waals surface area (Å²) >= 11 is 1.25. The molecule has 0 spiro atoms. The van der Waals surface area contributed by atoms with Gasteiger partial charge in [-0.1, -0.05) is 41.7 Å². The summed E-state index contributed by atoms with van der Waals surface area (Å²) in [6.45, 7) is 0.624. The molecule has 7 heteroatoms. The van der Waals surface area contributed by atoms with Crippen molar-refractivity contribution in [2.24, 2.45) is 0 Å². The number of pyridine rings is 1. The minimum atomic E-state index is -0.419. The van der Waals surface area contributed by atoms with Gasteiger partial charge in [0, 0.05) is 6.54 Å². The molecule has 2 heterocycles. The Hall–Kier alpha value is -0.704. The largest absolute Gasteiger partial charge is 1.00 e. The number of hydrogen-bond acceptors (Lipinski definition) is 5. The Morgan fingerprint density at radius 1 is 1.30 bits per heavy atom. The predicted molar refractivity (Wildman–Crippen MR) is 73.5 cm³/mol. The molecule has 0 saturated carbocycles. The second-order valence-electron chi connectivity index (χ2n) is 4.03. The van der Waals surface area contributed by atoms with Crippen LogP contribution < -0.4 is 67.2 Å². The number of anilines is 1. The summed E-state index contributed by atoms with van der Waals surface area (Å²) in [6, 6.07) is 10.9. The van der Waals surface area contributed by atoms with Gasteiger partial charge >= 0.3 is 51.4 Å². The van der Waals surface area contributed by atoms with Crippen LogP contribution in [0.4, 0.5) is 5.13 Å². The fourth-order valence-electron chi connectivity index (χ4n) is 1.76. The van der Waals surface area contributed by atoms with Gasteiger partial charge in [-0.15, -0.1) is 0 Å². The molecule has 0 saturated heterocycles. The van der Waals surface area contributed by atoms with E-state index in [1.165, 1.54) is 11.3 Å². The minimum Gasteiger partial charge on any atom is -0.860 e. The van der Waals surface area contributed by atoms with Crippen LogP contribution >= 0.6 is 11.3 Å². The van der Waals surface area contributed by atoms with Crippen molar-refractivity contribution in [1.82, 2.24) is 9.97 Å². The molecule has 2 N–H and O–H groups in total. The number of rotatable bonds is 3. The molecule has 20 heavy (non-hydrogen) atoms. The first kappa shape index (κ1) is 15.7. The van der Waals surface area contributed by atoms with Crippen molar-refractivity contribution in [3.8, 4) is 5.88 Å². The van der Waals surface area contributed by atoms with Crippen LogP contribution in [-0.2, 0) is 6.54 Å². The number of nitrogens with zero attached hydrogens (tertiary/aromatic N) is 1. The third-order valence-electron chi connectivity index (χ3n) is 2.64. The van der Waals surface area contributed by atoms with E-state index in [4.69, 9.17) is 0 Å². The second-order valence-corrected chi connectivity index (χ2v) is 5.03. The Labute approximate surface area is 161 Å². The van der Waals surface area contributed by atoms with E-state index >= 15 is 0 Å². The maximum Gasteiger partial charge on any atom is 1.00 e. The van der Waals surface area contributed by atoms with Gasteiger partial charge in [-0.3, -0.25) is 4.79 Å². The molecule has 0 atom stereocenters. The van der Waals surface area contributed by atoms with Crippen molar-refractivity contribution in [2.45, 2.75) is 6.54 Å². The van der Waals surface area contributed by atoms with Gasteiger partial charge in [-0.25, -0.2) is 4.98 Å². The Morgan fingerprint density at radius 2 is 2.05 bits per heavy atom. The van der Waals surface area contributed by atoms with Crippen molar-refractivity contribution in [2.75, 3.05) is 5.32 Å². The topological polar surface area (TPSA) is 80.8 Å². The van der Waals surface area contributed by atoms with Gasteiger partial charge in [-0.2, -0.15) is 0 Å². The summed E-state index contributed by atoms with van der Waals surface area (Å²) in [6.07, 6.45) is 0. The van der Waals surface area contributed by atoms with Gasteiger partial charge < -0.3 is 15.4 Å². The van der Waals surface area contributed by atoms with Crippen molar-refractivity contribution in [3.63, 3.8) is 0 Å². The maximum absolute atomic E-state index is 11.6. The summed E-state index contributed by atoms with van der Waals surface area (Å²) in [5.74, 6) is -0.419. The number of fused-ring (bicyclic) bond motifs is 1. The van der Waals surface area contributed by atoms with E-state index in [9.17, 15) is 9.90 Å². The van der Waals surface area contributed by atoms with E-state index < -0.39 is 5.88 Å². The zero-order valence-corrected chi connectivity index (χ0v) is 14.8. The van der Waals surface area contributed by atoms with Crippen LogP contribution in [0.15, 0.2) is 41.2 Å². The van der Waals surface area contributed by atoms with Crippen molar-refractivity contribution in [3.05, 3.63) is 52.2 Å². The summed E-state index contributed by atoms with van der Waals surface area (Å²) < 4.78 is 0.468. The summed E-state index contributed by atoms with van der Waals surface area (Å²) in [5, 5.41) is 14.9. The van der Waals surface area contributed by atoms with Crippen molar-refractivity contribution in [1.29, 1.82) is 0 Å². The molecule has 0 bridgehead atoms. The van der Waals surface area contributed by atoms with E-state index in [1.807, 2.05) is 30.3 Å². The molecule has 5 nitrogen and oxygen atoms in total. The number of nitrogens with one attached hydrogen (secondary N) is 2. The molecular weight excluding hydrogens is 301 g/mol. The molecule has 1 aromatic carbocycles. The van der Waals surface area contributed by atoms with Crippen LogP contribution in [0.2, 0.25) is 0 Å². The van der Waals surface area contributed by atoms with Gasteiger partial charge in [0.25, 0.3) is 0 Å². The average Bonchev–Trinajstić information content (AvgIpc) is 2.81. The second kappa shape index (κ2) is 6.84. The summed E-state index contributed by atoms with van der Waals surface area (Å²) in [4.78, 5) is 18.4.